The van der Waals surface area contributed by atoms with Gasteiger partial charge in [0, 0.05) is 19.1 Å². The number of carbonyl (C=O) groups is 6. The van der Waals surface area contributed by atoms with E-state index >= 15 is 0 Å². The van der Waals surface area contributed by atoms with Crippen molar-refractivity contribution >= 4 is 48.2 Å². The lowest BCUT2D eigenvalue weighted by molar-refractivity contribution is -0.145. The normalized spacial score (nSPS) is 18.3. The minimum absolute atomic E-state index is 0.485. The third kappa shape index (κ3) is 12.9. The monoisotopic (exact) mass is 646 g/mol. The van der Waals surface area contributed by atoms with Crippen LogP contribution in [0.15, 0.2) is 0 Å². The second kappa shape index (κ2) is 19.2. The second-order valence-corrected chi connectivity index (χ2v) is 9.57. The molecule has 0 aliphatic carbocycles. The topological polar surface area (TPSA) is 353 Å². The molecule has 0 aliphatic heterocycles. The minimum atomic E-state index is -2.43. The first-order valence-corrected chi connectivity index (χ1v) is 13.1. The van der Waals surface area contributed by atoms with E-state index < -0.39 is 128 Å². The summed E-state index contributed by atoms with van der Waals surface area (Å²) in [7, 11) is 0. The molecule has 0 aliphatic rings. The summed E-state index contributed by atoms with van der Waals surface area (Å²) in [6.45, 7) is -1.31. The Morgan fingerprint density at radius 3 is 1.40 bits per heavy atom. The molecule has 0 fully saturated rings. The highest BCUT2D eigenvalue weighted by Gasteiger charge is 2.41. The first kappa shape index (κ1) is 39.8. The van der Waals surface area contributed by atoms with Gasteiger partial charge >= 0.3 is 11.9 Å². The van der Waals surface area contributed by atoms with Gasteiger partial charge in [0.05, 0.1) is 13.2 Å². The Kier molecular flexibility index (Phi) is 17.8. The molecule has 0 rings (SSSR count). The number of aliphatic hydroxyl groups is 8. The average molecular weight is 647 g/mol. The molecule has 0 aromatic heterocycles. The fourth-order valence-corrected chi connectivity index (χ4v) is 3.64. The fraction of sp³-hybridized carbons (Fsp3) is 0.727. The van der Waals surface area contributed by atoms with Gasteiger partial charge in [0.1, 0.15) is 60.8 Å². The van der Waals surface area contributed by atoms with Crippen molar-refractivity contribution in [2.24, 2.45) is 0 Å². The lowest BCUT2D eigenvalue weighted by atomic mass is 9.98. The number of carbonyl (C=O) groups excluding carboxylic acids is 4. The third-order valence-corrected chi connectivity index (χ3v) is 6.21. The number of thiol groups is 1. The van der Waals surface area contributed by atoms with Crippen molar-refractivity contribution in [3.63, 3.8) is 0 Å². The van der Waals surface area contributed by atoms with E-state index in [1.165, 1.54) is 0 Å². The van der Waals surface area contributed by atoms with Crippen LogP contribution in [0.4, 0.5) is 0 Å². The Labute approximate surface area is 249 Å². The Balaban J connectivity index is 6.37. The van der Waals surface area contributed by atoms with Crippen molar-refractivity contribution < 1.29 is 79.8 Å². The van der Waals surface area contributed by atoms with E-state index in [0.717, 1.165) is 6.92 Å². The molecule has 0 unspecified atom stereocenters. The van der Waals surface area contributed by atoms with E-state index in [9.17, 15) is 64.5 Å². The molecule has 0 bridgehead atoms. The number of amides is 4. The summed E-state index contributed by atoms with van der Waals surface area (Å²) in [5, 5.41) is 104. The third-order valence-electron chi connectivity index (χ3n) is 5.84. The zero-order chi connectivity index (χ0) is 33.6. The average Bonchev–Trinajstić information content (AvgIpc) is 2.95. The number of hydrogen-bond donors (Lipinski definition) is 15. The number of hydrogen-bond acceptors (Lipinski definition) is 15. The zero-order valence-corrected chi connectivity index (χ0v) is 23.6. The highest BCUT2D eigenvalue weighted by Crippen LogP contribution is 2.10. The highest BCUT2D eigenvalue weighted by atomic mass is 32.1. The van der Waals surface area contributed by atoms with Gasteiger partial charge < -0.3 is 72.3 Å². The van der Waals surface area contributed by atoms with Gasteiger partial charge in [-0.1, -0.05) is 0 Å². The van der Waals surface area contributed by atoms with E-state index in [4.69, 9.17) is 15.3 Å². The van der Waals surface area contributed by atoms with Crippen LogP contribution in [0.25, 0.3) is 0 Å². The van der Waals surface area contributed by atoms with Gasteiger partial charge in [0.25, 0.3) is 0 Å². The molecule has 43 heavy (non-hydrogen) atoms. The van der Waals surface area contributed by atoms with Crippen LogP contribution >= 0.6 is 12.6 Å². The molecule has 14 N–H and O–H groups in total. The second-order valence-electron chi connectivity index (χ2n) is 9.20. The van der Waals surface area contributed by atoms with Crippen molar-refractivity contribution in [1.29, 1.82) is 0 Å². The molecule has 21 heteroatoms. The van der Waals surface area contributed by atoms with Gasteiger partial charge in [-0.3, -0.25) is 24.0 Å². The van der Waals surface area contributed by atoms with Crippen LogP contribution in [0.5, 0.6) is 0 Å². The van der Waals surface area contributed by atoms with Crippen LogP contribution in [-0.4, -0.2) is 166 Å². The fourth-order valence-electron chi connectivity index (χ4n) is 3.40. The standard InChI is InChI=1S/C22H38N4O16S/c1-7(29)23-13(17(36)15(34)10(30)4-27)20(39)24-8(2-3-12(32)33)19(38)26-14(18(37)16(35)11(31)5-28)21(40)25-9(6-43)22(41)42/h8-11,13-18,27-28,30-31,34-37,43H,2-6H2,1H3,(H,23,29)(H,24,39)(H,25,40)(H,26,38)(H,32,33)(H,41,42)/t8-,9-,10+,11+,13-,14-,15+,16+,17+,18+/m0/s1. The molecule has 0 radical (unpaired) electrons. The number of nitrogens with one attached hydrogen (secondary N) is 4. The molecular formula is C22H38N4O16S. The summed E-state index contributed by atoms with van der Waals surface area (Å²) in [5.41, 5.74) is 0. The largest absolute Gasteiger partial charge is 0.481 e. The van der Waals surface area contributed by atoms with Crippen LogP contribution in [-0.2, 0) is 28.8 Å². The number of aliphatic hydroxyl groups excluding tert-OH is 8. The van der Waals surface area contributed by atoms with Gasteiger partial charge in [0.15, 0.2) is 0 Å². The van der Waals surface area contributed by atoms with Gasteiger partial charge in [-0.25, -0.2) is 4.79 Å². The molecule has 0 saturated heterocycles. The maximum atomic E-state index is 13.2. The van der Waals surface area contributed by atoms with Crippen molar-refractivity contribution in [2.45, 2.75) is 80.6 Å². The Hall–Kier alpha value is -3.15. The summed E-state index contributed by atoms with van der Waals surface area (Å²) >= 11 is 3.75. The van der Waals surface area contributed by atoms with Gasteiger partial charge in [-0.15, -0.1) is 0 Å². The first-order chi connectivity index (χ1) is 19.9. The smallest absolute Gasteiger partial charge is 0.327 e. The van der Waals surface area contributed by atoms with E-state index in [2.05, 4.69) is 12.6 Å². The summed E-state index contributed by atoms with van der Waals surface area (Å²) in [4.78, 5) is 73.1. The summed E-state index contributed by atoms with van der Waals surface area (Å²) in [6.07, 6.45) is -14.9. The Bertz CT molecular complexity index is 974. The van der Waals surface area contributed by atoms with E-state index in [1.54, 1.807) is 0 Å². The van der Waals surface area contributed by atoms with E-state index in [-0.39, 0.29) is 0 Å². The first-order valence-electron chi connectivity index (χ1n) is 12.5. The molecule has 248 valence electrons. The molecule has 10 atom stereocenters. The molecule has 0 aromatic carbocycles. The predicted molar refractivity (Wildman–Crippen MR) is 142 cm³/mol. The number of carboxylic acid groups (broad SMARTS) is 2. The van der Waals surface area contributed by atoms with E-state index in [1.807, 2.05) is 21.3 Å². The lowest BCUT2D eigenvalue weighted by Crippen LogP contribution is -2.64. The van der Waals surface area contributed by atoms with Crippen molar-refractivity contribution in [2.75, 3.05) is 19.0 Å². The molecule has 4 amide bonds. The predicted octanol–water partition coefficient (Wildman–Crippen LogP) is -8.03. The number of aliphatic carboxylic acids is 2. The highest BCUT2D eigenvalue weighted by molar-refractivity contribution is 7.80. The van der Waals surface area contributed by atoms with Crippen LogP contribution in [0.1, 0.15) is 19.8 Å². The summed E-state index contributed by atoms with van der Waals surface area (Å²) in [5.74, 6) is -8.85. The van der Waals surface area contributed by atoms with Crippen LogP contribution < -0.4 is 21.3 Å². The van der Waals surface area contributed by atoms with Crippen LogP contribution in [0.2, 0.25) is 0 Å². The molecule has 0 spiro atoms. The zero-order valence-electron chi connectivity index (χ0n) is 22.7. The molecule has 20 nitrogen and oxygen atoms in total. The molecule has 0 heterocycles. The minimum Gasteiger partial charge on any atom is -0.481 e. The Morgan fingerprint density at radius 2 is 1.05 bits per heavy atom. The van der Waals surface area contributed by atoms with Gasteiger partial charge in [0.2, 0.25) is 23.6 Å². The lowest BCUT2D eigenvalue weighted by Gasteiger charge is -2.32. The van der Waals surface area contributed by atoms with Crippen LogP contribution in [0.3, 0.4) is 0 Å². The van der Waals surface area contributed by atoms with Gasteiger partial charge in [-0.2, -0.15) is 12.6 Å². The van der Waals surface area contributed by atoms with Crippen molar-refractivity contribution in [1.82, 2.24) is 21.3 Å². The van der Waals surface area contributed by atoms with Gasteiger partial charge in [-0.05, 0) is 6.42 Å². The summed E-state index contributed by atoms with van der Waals surface area (Å²) < 4.78 is 0. The Morgan fingerprint density at radius 1 is 0.628 bits per heavy atom. The van der Waals surface area contributed by atoms with Crippen molar-refractivity contribution in [3.8, 4) is 0 Å². The van der Waals surface area contributed by atoms with Crippen molar-refractivity contribution in [3.05, 3.63) is 0 Å². The number of carboxylic acids is 2. The summed E-state index contributed by atoms with van der Waals surface area (Å²) in [6, 6.07) is -8.04. The maximum absolute atomic E-state index is 13.2. The number of rotatable bonds is 20. The SMILES string of the molecule is CC(=O)N[C@H](C(=O)N[C@@H](CCC(=O)O)C(=O)N[C@H](C(=O)N[C@@H](CS)C(=O)O)[C@@H](O)[C@H](O)[C@H](O)CO)[C@@H](O)[C@H](O)[C@H](O)CO. The maximum Gasteiger partial charge on any atom is 0.327 e. The molecular weight excluding hydrogens is 608 g/mol. The molecule has 0 aromatic rings. The quantitative estimate of drug-likeness (QED) is 0.0546. The van der Waals surface area contributed by atoms with Crippen LogP contribution in [0, 0.1) is 0 Å². The molecule has 0 saturated carbocycles. The van der Waals surface area contributed by atoms with E-state index in [0.29, 0.717) is 0 Å².